The van der Waals surface area contributed by atoms with Crippen molar-refractivity contribution >= 4 is 5.97 Å². The summed E-state index contributed by atoms with van der Waals surface area (Å²) in [5, 5.41) is 9.62. The van der Waals surface area contributed by atoms with Crippen molar-refractivity contribution in [1.29, 1.82) is 0 Å². The molecule has 144 valence electrons. The highest BCUT2D eigenvalue weighted by molar-refractivity contribution is 5.74. The minimum Gasteiger partial charge on any atom is -0.493 e. The number of hydrogen-bond acceptors (Lipinski definition) is 4. The van der Waals surface area contributed by atoms with Crippen LogP contribution in [0.15, 0.2) is 36.4 Å². The number of halogens is 2. The molecule has 1 aliphatic rings. The van der Waals surface area contributed by atoms with Crippen molar-refractivity contribution in [3.8, 4) is 11.5 Å². The fourth-order valence-corrected chi connectivity index (χ4v) is 3.74. The van der Waals surface area contributed by atoms with Crippen molar-refractivity contribution < 1.29 is 28.2 Å². The van der Waals surface area contributed by atoms with Gasteiger partial charge in [-0.25, -0.2) is 8.78 Å². The fraction of sp³-hybridized carbons (Fsp3) is 0.350. The van der Waals surface area contributed by atoms with E-state index in [1.807, 2.05) is 0 Å². The number of carbonyl (C=O) groups is 1. The molecule has 0 saturated carbocycles. The first-order chi connectivity index (χ1) is 13.0. The Hall–Kier alpha value is -2.67. The lowest BCUT2D eigenvalue weighted by molar-refractivity contribution is -0.142. The molecule has 5 nitrogen and oxygen atoms in total. The highest BCUT2D eigenvalue weighted by Gasteiger charge is 2.39. The van der Waals surface area contributed by atoms with Crippen LogP contribution in [-0.4, -0.2) is 42.8 Å². The number of aliphatic carboxylic acids is 1. The highest BCUT2D eigenvalue weighted by atomic mass is 19.1. The third-order valence-electron chi connectivity index (χ3n) is 4.90. The summed E-state index contributed by atoms with van der Waals surface area (Å²) >= 11 is 0. The second-order valence-corrected chi connectivity index (χ2v) is 6.39. The van der Waals surface area contributed by atoms with Gasteiger partial charge in [0.05, 0.1) is 20.3 Å². The predicted molar refractivity (Wildman–Crippen MR) is 95.1 cm³/mol. The normalized spacial score (nSPS) is 18.3. The zero-order valence-electron chi connectivity index (χ0n) is 15.1. The van der Waals surface area contributed by atoms with Crippen LogP contribution in [-0.2, 0) is 4.79 Å². The van der Waals surface area contributed by atoms with Crippen LogP contribution < -0.4 is 9.47 Å². The number of ether oxygens (including phenoxy) is 2. The summed E-state index contributed by atoms with van der Waals surface area (Å²) in [6, 6.07) is 6.99. The van der Waals surface area contributed by atoms with E-state index in [9.17, 15) is 18.7 Å². The molecule has 2 atom stereocenters. The summed E-state index contributed by atoms with van der Waals surface area (Å²) in [6.45, 7) is 0.471. The molecule has 7 heteroatoms. The maximum Gasteiger partial charge on any atom is 0.320 e. The maximum absolute atomic E-state index is 14.7. The summed E-state index contributed by atoms with van der Waals surface area (Å²) < 4.78 is 39.0. The van der Waals surface area contributed by atoms with Gasteiger partial charge < -0.3 is 14.6 Å². The molecular formula is C20H21F2NO4. The van der Waals surface area contributed by atoms with Gasteiger partial charge in [0.1, 0.15) is 17.7 Å². The van der Waals surface area contributed by atoms with Crippen molar-refractivity contribution in [2.75, 3.05) is 20.8 Å². The molecule has 0 aromatic heterocycles. The zero-order chi connectivity index (χ0) is 19.6. The minimum atomic E-state index is -0.970. The number of likely N-dealkylation sites (tertiary alicyclic amines) is 1. The van der Waals surface area contributed by atoms with Crippen LogP contribution in [0.25, 0.3) is 0 Å². The molecule has 1 aliphatic heterocycles. The highest BCUT2D eigenvalue weighted by Crippen LogP contribution is 2.43. The second kappa shape index (κ2) is 7.92. The van der Waals surface area contributed by atoms with E-state index in [1.165, 1.54) is 26.4 Å². The molecule has 0 amide bonds. The van der Waals surface area contributed by atoms with Gasteiger partial charge in [-0.3, -0.25) is 9.69 Å². The topological polar surface area (TPSA) is 59.0 Å². The summed E-state index contributed by atoms with van der Waals surface area (Å²) in [5.74, 6) is -1.55. The largest absolute Gasteiger partial charge is 0.493 e. The molecule has 0 aliphatic carbocycles. The maximum atomic E-state index is 14.7. The van der Waals surface area contributed by atoms with Gasteiger partial charge in [0, 0.05) is 23.7 Å². The number of carboxylic acids is 1. The average Bonchev–Trinajstić information content (AvgIpc) is 3.13. The van der Waals surface area contributed by atoms with Crippen LogP contribution in [0.2, 0.25) is 0 Å². The molecule has 2 aromatic rings. The van der Waals surface area contributed by atoms with Crippen molar-refractivity contribution in [1.82, 2.24) is 4.90 Å². The van der Waals surface area contributed by atoms with E-state index in [0.717, 1.165) is 6.07 Å². The molecule has 2 unspecified atom stereocenters. The molecule has 2 aromatic carbocycles. The zero-order valence-corrected chi connectivity index (χ0v) is 15.1. The van der Waals surface area contributed by atoms with Gasteiger partial charge in [-0.2, -0.15) is 0 Å². The monoisotopic (exact) mass is 377 g/mol. The molecule has 1 N–H and O–H groups in total. The Balaban J connectivity index is 2.21. The SMILES string of the molecule is COc1cccc(C(c2ccc(F)cc2F)N2CCCC2C(=O)O)c1OC. The lowest BCUT2D eigenvalue weighted by atomic mass is 9.94. The van der Waals surface area contributed by atoms with Gasteiger partial charge in [-0.15, -0.1) is 0 Å². The van der Waals surface area contributed by atoms with Crippen LogP contribution in [0.3, 0.4) is 0 Å². The molecule has 1 saturated heterocycles. The van der Waals surface area contributed by atoms with E-state index in [2.05, 4.69) is 0 Å². The summed E-state index contributed by atoms with van der Waals surface area (Å²) in [7, 11) is 2.96. The third kappa shape index (κ3) is 3.60. The lowest BCUT2D eigenvalue weighted by Crippen LogP contribution is -2.39. The van der Waals surface area contributed by atoms with Gasteiger partial charge in [-0.1, -0.05) is 18.2 Å². The lowest BCUT2D eigenvalue weighted by Gasteiger charge is -2.33. The van der Waals surface area contributed by atoms with E-state index >= 15 is 0 Å². The number of nitrogens with zero attached hydrogens (tertiary/aromatic N) is 1. The number of methoxy groups -OCH3 is 2. The Morgan fingerprint density at radius 3 is 2.59 bits per heavy atom. The third-order valence-corrected chi connectivity index (χ3v) is 4.90. The van der Waals surface area contributed by atoms with Gasteiger partial charge in [0.15, 0.2) is 11.5 Å². The molecule has 1 fully saturated rings. The van der Waals surface area contributed by atoms with E-state index in [1.54, 1.807) is 23.1 Å². The summed E-state index contributed by atoms with van der Waals surface area (Å²) in [5.41, 5.74) is 0.756. The van der Waals surface area contributed by atoms with Crippen molar-refractivity contribution in [2.24, 2.45) is 0 Å². The first kappa shape index (κ1) is 19.1. The van der Waals surface area contributed by atoms with Crippen LogP contribution >= 0.6 is 0 Å². The van der Waals surface area contributed by atoms with Crippen molar-refractivity contribution in [3.05, 3.63) is 59.2 Å². The molecule has 0 radical (unpaired) electrons. The molecule has 1 heterocycles. The minimum absolute atomic E-state index is 0.191. The van der Waals surface area contributed by atoms with E-state index < -0.39 is 29.7 Å². The number of rotatable bonds is 6. The fourth-order valence-electron chi connectivity index (χ4n) is 3.74. The second-order valence-electron chi connectivity index (χ2n) is 6.39. The summed E-state index contributed by atoms with van der Waals surface area (Å²) in [6.07, 6.45) is 1.13. The first-order valence-corrected chi connectivity index (χ1v) is 8.62. The van der Waals surface area contributed by atoms with Crippen molar-refractivity contribution in [2.45, 2.75) is 24.9 Å². The number of carboxylic acid groups (broad SMARTS) is 1. The van der Waals surface area contributed by atoms with Gasteiger partial charge in [0.25, 0.3) is 0 Å². The number of benzene rings is 2. The Kier molecular flexibility index (Phi) is 5.60. The van der Waals surface area contributed by atoms with Crippen LogP contribution in [0, 0.1) is 11.6 Å². The number of hydrogen-bond donors (Lipinski definition) is 1. The average molecular weight is 377 g/mol. The van der Waals surface area contributed by atoms with Gasteiger partial charge >= 0.3 is 5.97 Å². The summed E-state index contributed by atoms with van der Waals surface area (Å²) in [4.78, 5) is 13.5. The first-order valence-electron chi connectivity index (χ1n) is 8.62. The standard InChI is InChI=1S/C20H21F2NO4/c1-26-17-7-3-5-14(19(17)27-2)18(13-9-8-12(21)11-15(13)22)23-10-4-6-16(23)20(24)25/h3,5,7-9,11,16,18H,4,6,10H2,1-2H3,(H,24,25). The Morgan fingerprint density at radius 1 is 1.19 bits per heavy atom. The van der Waals surface area contributed by atoms with Gasteiger partial charge in [-0.05, 0) is 25.0 Å². The molecule has 3 rings (SSSR count). The van der Waals surface area contributed by atoms with Crippen LogP contribution in [0.1, 0.15) is 30.0 Å². The van der Waals surface area contributed by atoms with E-state index in [0.29, 0.717) is 36.4 Å². The van der Waals surface area contributed by atoms with Crippen molar-refractivity contribution in [3.63, 3.8) is 0 Å². The van der Waals surface area contributed by atoms with Crippen LogP contribution in [0.5, 0.6) is 11.5 Å². The van der Waals surface area contributed by atoms with E-state index in [-0.39, 0.29) is 5.56 Å². The van der Waals surface area contributed by atoms with Crippen LogP contribution in [0.4, 0.5) is 8.78 Å². The Morgan fingerprint density at radius 2 is 1.96 bits per heavy atom. The molecular weight excluding hydrogens is 356 g/mol. The quantitative estimate of drug-likeness (QED) is 0.833. The smallest absolute Gasteiger partial charge is 0.320 e. The molecule has 0 spiro atoms. The van der Waals surface area contributed by atoms with Gasteiger partial charge in [0.2, 0.25) is 0 Å². The Bertz CT molecular complexity index is 843. The predicted octanol–water partition coefficient (Wildman–Crippen LogP) is 3.62. The molecule has 27 heavy (non-hydrogen) atoms. The van der Waals surface area contributed by atoms with E-state index in [4.69, 9.17) is 9.47 Å². The molecule has 0 bridgehead atoms. The Labute approximate surface area is 156 Å². The number of para-hydroxylation sites is 1.